The van der Waals surface area contributed by atoms with Crippen LogP contribution in [0.5, 0.6) is 0 Å². The second-order valence-electron chi connectivity index (χ2n) is 3.79. The van der Waals surface area contributed by atoms with Crippen molar-refractivity contribution in [1.29, 1.82) is 0 Å². The van der Waals surface area contributed by atoms with Gasteiger partial charge in [-0.2, -0.15) is 0 Å². The third kappa shape index (κ3) is 2.99. The molecule has 0 aromatic rings. The fourth-order valence-corrected chi connectivity index (χ4v) is 2.43. The first-order valence-corrected chi connectivity index (χ1v) is 5.11. The normalized spacial score (nSPS) is 18.4. The quantitative estimate of drug-likeness (QED) is 0.357. The Hall–Kier alpha value is 0.999. The summed E-state index contributed by atoms with van der Waals surface area (Å²) in [6, 6.07) is 0. The first kappa shape index (κ1) is 20.4. The summed E-state index contributed by atoms with van der Waals surface area (Å²) in [5.41, 5.74) is 4.83. The molecule has 4 heteroatoms. The molecule has 0 unspecified atom stereocenters. The number of rotatable bonds is 0. The van der Waals surface area contributed by atoms with Gasteiger partial charge in [0.25, 0.3) is 0 Å². The smallest absolute Gasteiger partial charge is 1.00 e. The van der Waals surface area contributed by atoms with Gasteiger partial charge in [-0.3, -0.25) is 0 Å². The molecule has 1 aliphatic rings. The van der Waals surface area contributed by atoms with Crippen LogP contribution in [0.2, 0.25) is 0 Å². The second kappa shape index (κ2) is 6.55. The average Bonchev–Trinajstić information content (AvgIpc) is 2.06. The van der Waals surface area contributed by atoms with Gasteiger partial charge in [0.2, 0.25) is 0 Å². The zero-order valence-corrected chi connectivity index (χ0v) is 13.6. The topological polar surface area (TPSA) is 0 Å². The Morgan fingerprint density at radius 2 is 1.21 bits per heavy atom. The molecular formula is C10H15Cl3Ir. The molecule has 0 spiro atoms. The fourth-order valence-electron chi connectivity index (χ4n) is 1.53. The van der Waals surface area contributed by atoms with E-state index in [1.54, 1.807) is 0 Å². The van der Waals surface area contributed by atoms with Crippen LogP contribution < -0.4 is 37.2 Å². The number of hydrogen-bond donors (Lipinski definition) is 0. The Kier molecular flexibility index (Phi) is 9.56. The molecule has 0 nitrogen and oxygen atoms in total. The Labute approximate surface area is 116 Å². The zero-order valence-electron chi connectivity index (χ0n) is 8.97. The molecule has 0 amide bonds. The van der Waals surface area contributed by atoms with Crippen LogP contribution >= 0.6 is 0 Å². The van der Waals surface area contributed by atoms with Crippen LogP contribution in [0.1, 0.15) is 34.6 Å². The number of hydrogen-bond acceptors (Lipinski definition) is 0. The summed E-state index contributed by atoms with van der Waals surface area (Å²) in [5.74, 6) is 0. The molecule has 0 saturated heterocycles. The van der Waals surface area contributed by atoms with Gasteiger partial charge >= 0.3 is 79.7 Å². The monoisotopic (exact) mass is 433 g/mol. The van der Waals surface area contributed by atoms with E-state index in [1.165, 1.54) is 20.8 Å². The molecule has 0 aromatic carbocycles. The van der Waals surface area contributed by atoms with Gasteiger partial charge in [-0.25, -0.2) is 0 Å². The van der Waals surface area contributed by atoms with E-state index in [1.807, 2.05) is 0 Å². The van der Waals surface area contributed by atoms with Crippen LogP contribution in [0.25, 0.3) is 0 Å². The van der Waals surface area contributed by atoms with E-state index in [-0.39, 0.29) is 37.2 Å². The molecule has 0 saturated carbocycles. The van der Waals surface area contributed by atoms with Gasteiger partial charge in [0.15, 0.2) is 0 Å². The summed E-state index contributed by atoms with van der Waals surface area (Å²) in [6.45, 7) is 11.3. The van der Waals surface area contributed by atoms with Crippen molar-refractivity contribution in [1.82, 2.24) is 0 Å². The molecule has 1 rings (SSSR count). The van der Waals surface area contributed by atoms with E-state index < -0.39 is 0 Å². The van der Waals surface area contributed by atoms with Crippen molar-refractivity contribution >= 4 is 0 Å². The Balaban J connectivity index is -0.000000403. The molecule has 14 heavy (non-hydrogen) atoms. The maximum absolute atomic E-state index is 2.30. The van der Waals surface area contributed by atoms with Crippen LogP contribution in [0, 0.1) is 5.41 Å². The molecule has 0 heterocycles. The standard InChI is InChI=1S/C10H15.3ClH.Ir/c1-7-6-10(4,5)9(3)8(7)2;;;;/h1-5H3;3*1H;/q;;;;+3/p-3. The van der Waals surface area contributed by atoms with Crippen molar-refractivity contribution in [2.75, 3.05) is 0 Å². The Morgan fingerprint density at radius 3 is 1.29 bits per heavy atom. The van der Waals surface area contributed by atoms with Crippen molar-refractivity contribution in [3.8, 4) is 0 Å². The minimum atomic E-state index is 0. The van der Waals surface area contributed by atoms with Gasteiger partial charge in [-0.1, -0.05) is 0 Å². The SMILES string of the molecule is CC1=C(C)C(C)(C)[C]([Ir+3])=C1C.[Cl-].[Cl-].[Cl-]. The number of allylic oxidation sites excluding steroid dienone is 4. The summed E-state index contributed by atoms with van der Waals surface area (Å²) >= 11 is 2.25. The molecule has 0 radical (unpaired) electrons. The van der Waals surface area contributed by atoms with Crippen LogP contribution in [0.3, 0.4) is 0 Å². The van der Waals surface area contributed by atoms with E-state index in [4.69, 9.17) is 0 Å². The van der Waals surface area contributed by atoms with Gasteiger partial charge in [0.05, 0.1) is 0 Å². The van der Waals surface area contributed by atoms with Crippen LogP contribution in [-0.4, -0.2) is 0 Å². The fraction of sp³-hybridized carbons (Fsp3) is 0.600. The van der Waals surface area contributed by atoms with Gasteiger partial charge < -0.3 is 37.2 Å². The minimum Gasteiger partial charge on any atom is -1.00 e. The van der Waals surface area contributed by atoms with E-state index in [2.05, 4.69) is 53.5 Å². The molecule has 0 fully saturated rings. The summed E-state index contributed by atoms with van der Waals surface area (Å²) in [7, 11) is 0. The third-order valence-electron chi connectivity index (χ3n) is 2.90. The summed E-state index contributed by atoms with van der Waals surface area (Å²) in [4.78, 5) is 0. The maximum atomic E-state index is 2.30. The van der Waals surface area contributed by atoms with Crippen molar-refractivity contribution in [3.05, 3.63) is 20.8 Å². The second-order valence-corrected chi connectivity index (χ2v) is 4.99. The van der Waals surface area contributed by atoms with E-state index in [0.717, 1.165) is 0 Å². The number of halogens is 3. The molecule has 1 aliphatic carbocycles. The van der Waals surface area contributed by atoms with Gasteiger partial charge in [0, 0.05) is 0 Å². The summed E-state index contributed by atoms with van der Waals surface area (Å²) in [5, 5.41) is 0. The third-order valence-corrected chi connectivity index (χ3v) is 5.29. The van der Waals surface area contributed by atoms with Crippen molar-refractivity contribution in [2.24, 2.45) is 5.41 Å². The largest absolute Gasteiger partial charge is 1.00 e. The van der Waals surface area contributed by atoms with Crippen molar-refractivity contribution in [3.63, 3.8) is 0 Å². The molecule has 0 aromatic heterocycles. The molecule has 0 atom stereocenters. The maximum Gasteiger partial charge on any atom is -1.00 e. The predicted octanol–water partition coefficient (Wildman–Crippen LogP) is -5.80. The molecule has 0 aliphatic heterocycles. The molecular weight excluding hydrogens is 419 g/mol. The Bertz CT molecular complexity index is 239. The Morgan fingerprint density at radius 1 is 0.857 bits per heavy atom. The molecule has 85 valence electrons. The minimum absolute atomic E-state index is 0. The van der Waals surface area contributed by atoms with Gasteiger partial charge in [-0.05, 0) is 0 Å². The summed E-state index contributed by atoms with van der Waals surface area (Å²) < 4.78 is 1.53. The van der Waals surface area contributed by atoms with E-state index in [0.29, 0.717) is 5.41 Å². The van der Waals surface area contributed by atoms with E-state index >= 15 is 0 Å². The van der Waals surface area contributed by atoms with Gasteiger partial charge in [-0.15, -0.1) is 0 Å². The van der Waals surface area contributed by atoms with Gasteiger partial charge in [0.1, 0.15) is 0 Å². The van der Waals surface area contributed by atoms with Crippen molar-refractivity contribution < 1.29 is 56.1 Å². The molecule has 0 N–H and O–H groups in total. The zero-order chi connectivity index (χ0) is 8.81. The van der Waals surface area contributed by atoms with Crippen LogP contribution in [0.15, 0.2) is 20.8 Å². The first-order valence-electron chi connectivity index (χ1n) is 3.92. The van der Waals surface area contributed by atoms with Crippen LogP contribution in [0.4, 0.5) is 0 Å². The summed E-state index contributed by atoms with van der Waals surface area (Å²) in [6.07, 6.45) is 0. The predicted molar refractivity (Wildman–Crippen MR) is 44.9 cm³/mol. The molecule has 0 bridgehead atoms. The van der Waals surface area contributed by atoms with Crippen molar-refractivity contribution in [2.45, 2.75) is 34.6 Å². The van der Waals surface area contributed by atoms with E-state index in [9.17, 15) is 0 Å². The first-order chi connectivity index (χ1) is 4.89. The average molecular weight is 434 g/mol. The van der Waals surface area contributed by atoms with Crippen LogP contribution in [-0.2, 0) is 18.9 Å².